The van der Waals surface area contributed by atoms with E-state index in [2.05, 4.69) is 11.8 Å². The molecule has 1 rings (SSSR count). The van der Waals surface area contributed by atoms with Gasteiger partial charge in [-0.25, -0.2) is 0 Å². The van der Waals surface area contributed by atoms with Crippen LogP contribution >= 0.6 is 0 Å². The van der Waals surface area contributed by atoms with E-state index < -0.39 is 0 Å². The van der Waals surface area contributed by atoms with Crippen molar-refractivity contribution < 1.29 is 34.7 Å². The van der Waals surface area contributed by atoms with E-state index in [1.54, 1.807) is 12.1 Å². The third-order valence-corrected chi connectivity index (χ3v) is 1.75. The molecule has 0 radical (unpaired) electrons. The molecule has 0 N–H and O–H groups in total. The van der Waals surface area contributed by atoms with Crippen molar-refractivity contribution in [2.45, 2.75) is 6.92 Å². The molecule has 0 heterocycles. The van der Waals surface area contributed by atoms with Gasteiger partial charge in [-0.15, -0.1) is 5.75 Å². The first-order valence-electron chi connectivity index (χ1n) is 3.72. The Labute approximate surface area is 95.5 Å². The summed E-state index contributed by atoms with van der Waals surface area (Å²) in [6.07, 6.45) is 0. The van der Waals surface area contributed by atoms with Crippen LogP contribution in [0.15, 0.2) is 24.3 Å². The Morgan fingerprint density at radius 1 is 1.25 bits per heavy atom. The third-order valence-electron chi connectivity index (χ3n) is 1.75. The minimum atomic E-state index is 0. The van der Waals surface area contributed by atoms with Gasteiger partial charge in [0.1, 0.15) is 0 Å². The van der Waals surface area contributed by atoms with Gasteiger partial charge in [0.15, 0.2) is 0 Å². The number of hydrogen-bond acceptors (Lipinski definition) is 2. The van der Waals surface area contributed by atoms with Gasteiger partial charge in [-0.2, -0.15) is 0 Å². The van der Waals surface area contributed by atoms with Crippen molar-refractivity contribution in [1.82, 2.24) is 0 Å². The molecule has 0 amide bonds. The van der Waals surface area contributed by atoms with Crippen LogP contribution in [0, 0.1) is 0 Å². The minimum Gasteiger partial charge on any atom is -0.872 e. The van der Waals surface area contributed by atoms with Crippen molar-refractivity contribution in [1.29, 1.82) is 0 Å². The van der Waals surface area contributed by atoms with Crippen molar-refractivity contribution in [3.63, 3.8) is 0 Å². The molecule has 0 aliphatic heterocycles. The van der Waals surface area contributed by atoms with Gasteiger partial charge in [-0.3, -0.25) is 0 Å². The SMILES string of the molecule is CCN(C)c1ccc([O-])cc1.[Na+]. The van der Waals surface area contributed by atoms with Crippen LogP contribution in [0.1, 0.15) is 6.92 Å². The first-order chi connectivity index (χ1) is 5.24. The molecule has 60 valence electrons. The fourth-order valence-corrected chi connectivity index (χ4v) is 0.883. The van der Waals surface area contributed by atoms with Gasteiger partial charge in [-0.05, 0) is 19.1 Å². The number of benzene rings is 1. The van der Waals surface area contributed by atoms with Crippen LogP contribution in [-0.4, -0.2) is 13.6 Å². The summed E-state index contributed by atoms with van der Waals surface area (Å²) in [4.78, 5) is 2.08. The Balaban J connectivity index is 0.00000121. The fraction of sp³-hybridized carbons (Fsp3) is 0.333. The van der Waals surface area contributed by atoms with Crippen LogP contribution in [0.2, 0.25) is 0 Å². The van der Waals surface area contributed by atoms with Crippen LogP contribution in [0.25, 0.3) is 0 Å². The summed E-state index contributed by atoms with van der Waals surface area (Å²) in [5.41, 5.74) is 1.09. The first-order valence-corrected chi connectivity index (χ1v) is 3.72. The summed E-state index contributed by atoms with van der Waals surface area (Å²) in [5.74, 6) is 0.0678. The molecule has 0 atom stereocenters. The number of rotatable bonds is 2. The summed E-state index contributed by atoms with van der Waals surface area (Å²) in [5, 5.41) is 10.7. The summed E-state index contributed by atoms with van der Waals surface area (Å²) in [6.45, 7) is 3.03. The van der Waals surface area contributed by atoms with Crippen LogP contribution in [0.4, 0.5) is 5.69 Å². The zero-order valence-corrected chi connectivity index (χ0v) is 9.87. The topological polar surface area (TPSA) is 26.3 Å². The summed E-state index contributed by atoms with van der Waals surface area (Å²) >= 11 is 0. The van der Waals surface area contributed by atoms with Gasteiger partial charge in [-0.1, -0.05) is 12.1 Å². The fourth-order valence-electron chi connectivity index (χ4n) is 0.883. The molecule has 0 aromatic heterocycles. The quantitative estimate of drug-likeness (QED) is 0.494. The molecular formula is C9H12NNaO. The second kappa shape index (κ2) is 5.46. The van der Waals surface area contributed by atoms with E-state index in [1.165, 1.54) is 0 Å². The largest absolute Gasteiger partial charge is 1.00 e. The molecule has 1 aromatic carbocycles. The van der Waals surface area contributed by atoms with Gasteiger partial charge in [0.05, 0.1) is 0 Å². The average Bonchev–Trinajstić information content (AvgIpc) is 2.05. The Morgan fingerprint density at radius 3 is 2.17 bits per heavy atom. The molecule has 0 unspecified atom stereocenters. The molecule has 0 fully saturated rings. The van der Waals surface area contributed by atoms with Crippen LogP contribution in [-0.2, 0) is 0 Å². The molecule has 0 saturated heterocycles. The third kappa shape index (κ3) is 3.05. The smallest absolute Gasteiger partial charge is 0.872 e. The molecule has 0 bridgehead atoms. The number of anilines is 1. The predicted octanol–water partition coefficient (Wildman–Crippen LogP) is -1.78. The second-order valence-electron chi connectivity index (χ2n) is 2.51. The van der Waals surface area contributed by atoms with Gasteiger partial charge >= 0.3 is 29.6 Å². The maximum Gasteiger partial charge on any atom is 1.00 e. The maximum absolute atomic E-state index is 10.7. The molecule has 0 saturated carbocycles. The van der Waals surface area contributed by atoms with Gasteiger partial charge in [0.2, 0.25) is 0 Å². The number of nitrogens with zero attached hydrogens (tertiary/aromatic N) is 1. The number of hydrogen-bond donors (Lipinski definition) is 0. The Hall–Kier alpha value is -0.180. The molecule has 12 heavy (non-hydrogen) atoms. The minimum absolute atomic E-state index is 0. The molecular weight excluding hydrogens is 161 g/mol. The molecule has 0 aliphatic carbocycles. The van der Waals surface area contributed by atoms with Gasteiger partial charge in [0, 0.05) is 19.3 Å². The van der Waals surface area contributed by atoms with Crippen LogP contribution in [0.5, 0.6) is 5.75 Å². The molecule has 2 nitrogen and oxygen atoms in total. The van der Waals surface area contributed by atoms with Gasteiger partial charge < -0.3 is 10.0 Å². The van der Waals surface area contributed by atoms with E-state index in [9.17, 15) is 5.11 Å². The Bertz CT molecular complexity index is 222. The van der Waals surface area contributed by atoms with E-state index >= 15 is 0 Å². The zero-order valence-electron chi connectivity index (χ0n) is 7.87. The average molecular weight is 173 g/mol. The van der Waals surface area contributed by atoms with E-state index in [4.69, 9.17) is 0 Å². The molecule has 3 heteroatoms. The Kier molecular flexibility index (Phi) is 5.38. The van der Waals surface area contributed by atoms with Crippen LogP contribution in [0.3, 0.4) is 0 Å². The zero-order chi connectivity index (χ0) is 8.27. The first kappa shape index (κ1) is 11.8. The summed E-state index contributed by atoms with van der Waals surface area (Å²) in [6, 6.07) is 6.85. The molecule has 0 spiro atoms. The van der Waals surface area contributed by atoms with Crippen molar-refractivity contribution in [3.05, 3.63) is 24.3 Å². The summed E-state index contributed by atoms with van der Waals surface area (Å²) in [7, 11) is 2.00. The monoisotopic (exact) mass is 173 g/mol. The van der Waals surface area contributed by atoms with Crippen molar-refractivity contribution >= 4 is 5.69 Å². The van der Waals surface area contributed by atoms with E-state index in [0.717, 1.165) is 12.2 Å². The maximum atomic E-state index is 10.7. The predicted molar refractivity (Wildman–Crippen MR) is 44.8 cm³/mol. The normalized spacial score (nSPS) is 8.83. The van der Waals surface area contributed by atoms with E-state index in [1.807, 2.05) is 19.2 Å². The van der Waals surface area contributed by atoms with Gasteiger partial charge in [0.25, 0.3) is 0 Å². The second-order valence-corrected chi connectivity index (χ2v) is 2.51. The van der Waals surface area contributed by atoms with E-state index in [-0.39, 0.29) is 35.3 Å². The van der Waals surface area contributed by atoms with Crippen molar-refractivity contribution in [2.24, 2.45) is 0 Å². The Morgan fingerprint density at radius 2 is 1.75 bits per heavy atom. The van der Waals surface area contributed by atoms with E-state index in [0.29, 0.717) is 0 Å². The van der Waals surface area contributed by atoms with Crippen molar-refractivity contribution in [3.8, 4) is 5.75 Å². The molecule has 1 aromatic rings. The molecule has 0 aliphatic rings. The summed E-state index contributed by atoms with van der Waals surface area (Å²) < 4.78 is 0. The van der Waals surface area contributed by atoms with Crippen molar-refractivity contribution in [2.75, 3.05) is 18.5 Å². The standard InChI is InChI=1S/C9H13NO.Na/c1-3-10(2)8-4-6-9(11)7-5-8;/h4-7,11H,3H2,1-2H3;/q;+1/p-1. The van der Waals surface area contributed by atoms with Crippen LogP contribution < -0.4 is 39.6 Å².